The van der Waals surface area contributed by atoms with E-state index in [1.54, 1.807) is 6.08 Å². The molecule has 0 unspecified atom stereocenters. The van der Waals surface area contributed by atoms with E-state index in [9.17, 15) is 39.6 Å². The van der Waals surface area contributed by atoms with Crippen LogP contribution in [0.15, 0.2) is 35.7 Å². The molecule has 0 saturated carbocycles. The molecular formula is C17H18F6N2O3S2. The highest BCUT2D eigenvalue weighted by molar-refractivity contribution is 8.00. The van der Waals surface area contributed by atoms with Gasteiger partial charge in [0.05, 0.1) is 21.8 Å². The Morgan fingerprint density at radius 3 is 1.93 bits per heavy atom. The maximum Gasteiger partial charge on any atom is 0.416 e. The Labute approximate surface area is 173 Å². The van der Waals surface area contributed by atoms with E-state index in [2.05, 4.69) is 6.58 Å². The van der Waals surface area contributed by atoms with Crippen molar-refractivity contribution < 1.29 is 39.6 Å². The van der Waals surface area contributed by atoms with E-state index in [0.717, 1.165) is 4.31 Å². The standard InChI is InChI=1S/C17H18F6N2O3S2/c1-2-7-29-11-15(26)24-3-5-25(6-4-24)30(27,28)14-9-12(16(18,19)20)8-13(10-14)17(21,22)23/h2,8-10H,1,3-7,11H2. The van der Waals surface area contributed by atoms with E-state index in [1.165, 1.54) is 16.7 Å². The molecule has 0 aliphatic carbocycles. The van der Waals surface area contributed by atoms with Crippen LogP contribution in [0.1, 0.15) is 11.1 Å². The molecular weight excluding hydrogens is 458 g/mol. The summed E-state index contributed by atoms with van der Waals surface area (Å²) >= 11 is 1.31. The van der Waals surface area contributed by atoms with Crippen molar-refractivity contribution in [2.45, 2.75) is 17.2 Å². The number of alkyl halides is 6. The molecule has 168 valence electrons. The summed E-state index contributed by atoms with van der Waals surface area (Å²) in [5, 5.41) is 0. The number of amides is 1. The average Bonchev–Trinajstić information content (AvgIpc) is 2.66. The Morgan fingerprint density at radius 2 is 1.50 bits per heavy atom. The summed E-state index contributed by atoms with van der Waals surface area (Å²) in [4.78, 5) is 12.4. The van der Waals surface area contributed by atoms with Crippen molar-refractivity contribution in [1.29, 1.82) is 0 Å². The minimum absolute atomic E-state index is 0.0161. The van der Waals surface area contributed by atoms with E-state index in [4.69, 9.17) is 0 Å². The lowest BCUT2D eigenvalue weighted by atomic mass is 10.1. The van der Waals surface area contributed by atoms with Crippen molar-refractivity contribution in [1.82, 2.24) is 9.21 Å². The molecule has 13 heteroatoms. The molecule has 1 aliphatic heterocycles. The van der Waals surface area contributed by atoms with Gasteiger partial charge in [-0.25, -0.2) is 8.42 Å². The average molecular weight is 476 g/mol. The highest BCUT2D eigenvalue weighted by Gasteiger charge is 2.39. The van der Waals surface area contributed by atoms with Crippen molar-refractivity contribution in [3.05, 3.63) is 42.0 Å². The van der Waals surface area contributed by atoms with Gasteiger partial charge < -0.3 is 4.90 Å². The van der Waals surface area contributed by atoms with Crippen LogP contribution in [0, 0.1) is 0 Å². The van der Waals surface area contributed by atoms with Gasteiger partial charge in [0.15, 0.2) is 0 Å². The van der Waals surface area contributed by atoms with E-state index >= 15 is 0 Å². The third-order valence-corrected chi connectivity index (χ3v) is 7.05. The topological polar surface area (TPSA) is 57.7 Å². The van der Waals surface area contributed by atoms with Crippen molar-refractivity contribution in [3.8, 4) is 0 Å². The lowest BCUT2D eigenvalue weighted by molar-refractivity contribution is -0.143. The smallest absolute Gasteiger partial charge is 0.339 e. The van der Waals surface area contributed by atoms with Crippen LogP contribution in [0.5, 0.6) is 0 Å². The molecule has 1 aromatic carbocycles. The number of sulfonamides is 1. The summed E-state index contributed by atoms with van der Waals surface area (Å²) < 4.78 is 104. The van der Waals surface area contributed by atoms with E-state index < -0.39 is 38.4 Å². The quantitative estimate of drug-likeness (QED) is 0.359. The van der Waals surface area contributed by atoms with Gasteiger partial charge in [-0.3, -0.25) is 4.79 Å². The number of hydrogen-bond acceptors (Lipinski definition) is 4. The zero-order valence-electron chi connectivity index (χ0n) is 15.5. The molecule has 0 spiro atoms. The molecule has 1 fully saturated rings. The van der Waals surface area contributed by atoms with Gasteiger partial charge in [0.2, 0.25) is 15.9 Å². The predicted molar refractivity (Wildman–Crippen MR) is 99.3 cm³/mol. The summed E-state index contributed by atoms with van der Waals surface area (Å²) in [5.41, 5.74) is -3.41. The van der Waals surface area contributed by atoms with Crippen LogP contribution in [-0.4, -0.2) is 61.2 Å². The number of rotatable bonds is 6. The molecule has 0 atom stereocenters. The SMILES string of the molecule is C=CCSCC(=O)N1CCN(S(=O)(=O)c2cc(C(F)(F)F)cc(C(F)(F)F)c2)CC1. The van der Waals surface area contributed by atoms with Gasteiger partial charge in [-0.05, 0) is 18.2 Å². The number of thioether (sulfide) groups is 1. The van der Waals surface area contributed by atoms with E-state index in [-0.39, 0.29) is 56.0 Å². The van der Waals surface area contributed by atoms with Gasteiger partial charge >= 0.3 is 12.4 Å². The Bertz CT molecular complexity index is 859. The fourth-order valence-electron chi connectivity index (χ4n) is 2.72. The number of carbonyl (C=O) groups is 1. The van der Waals surface area contributed by atoms with Crippen LogP contribution in [0.4, 0.5) is 26.3 Å². The highest BCUT2D eigenvalue weighted by atomic mass is 32.2. The van der Waals surface area contributed by atoms with E-state index in [0.29, 0.717) is 5.75 Å². The normalized spacial score (nSPS) is 16.5. The maximum atomic E-state index is 13.0. The minimum Gasteiger partial charge on any atom is -0.339 e. The number of nitrogens with zero attached hydrogens (tertiary/aromatic N) is 2. The van der Waals surface area contributed by atoms with Crippen LogP contribution in [-0.2, 0) is 27.2 Å². The Hall–Kier alpha value is -1.73. The Morgan fingerprint density at radius 1 is 1.00 bits per heavy atom. The first-order valence-corrected chi connectivity index (χ1v) is 11.1. The third-order valence-electron chi connectivity index (χ3n) is 4.25. The molecule has 1 aromatic rings. The minimum atomic E-state index is -5.15. The van der Waals surface area contributed by atoms with Crippen LogP contribution in [0.25, 0.3) is 0 Å². The lowest BCUT2D eigenvalue weighted by Gasteiger charge is -2.34. The molecule has 0 N–H and O–H groups in total. The van der Waals surface area contributed by atoms with Crippen molar-refractivity contribution >= 4 is 27.7 Å². The molecule has 0 radical (unpaired) electrons. The highest BCUT2D eigenvalue weighted by Crippen LogP contribution is 2.37. The summed E-state index contributed by atoms with van der Waals surface area (Å²) in [7, 11) is -4.62. The number of piperazine rings is 1. The summed E-state index contributed by atoms with van der Waals surface area (Å²) in [6, 6.07) is 0.249. The molecule has 2 rings (SSSR count). The fraction of sp³-hybridized carbons (Fsp3) is 0.471. The molecule has 1 heterocycles. The largest absolute Gasteiger partial charge is 0.416 e. The van der Waals surface area contributed by atoms with Crippen molar-refractivity contribution in [2.75, 3.05) is 37.7 Å². The monoisotopic (exact) mass is 476 g/mol. The first kappa shape index (κ1) is 24.5. The summed E-state index contributed by atoms with van der Waals surface area (Å²) in [6.07, 6.45) is -8.69. The van der Waals surface area contributed by atoms with Crippen molar-refractivity contribution in [2.24, 2.45) is 0 Å². The van der Waals surface area contributed by atoms with E-state index in [1.807, 2.05) is 0 Å². The third kappa shape index (κ3) is 5.91. The molecule has 1 amide bonds. The summed E-state index contributed by atoms with van der Waals surface area (Å²) in [6.45, 7) is 3.01. The molecule has 0 bridgehead atoms. The summed E-state index contributed by atoms with van der Waals surface area (Å²) in [5.74, 6) is 0.468. The first-order chi connectivity index (χ1) is 13.8. The van der Waals surface area contributed by atoms with Gasteiger partial charge in [-0.1, -0.05) is 6.08 Å². The Balaban J connectivity index is 2.24. The molecule has 1 saturated heterocycles. The zero-order valence-corrected chi connectivity index (χ0v) is 17.1. The van der Waals surface area contributed by atoms with Crippen LogP contribution >= 0.6 is 11.8 Å². The van der Waals surface area contributed by atoms with Gasteiger partial charge in [0.1, 0.15) is 0 Å². The first-order valence-electron chi connectivity index (χ1n) is 8.53. The number of halogens is 6. The number of benzene rings is 1. The number of hydrogen-bond donors (Lipinski definition) is 0. The molecule has 5 nitrogen and oxygen atoms in total. The van der Waals surface area contributed by atoms with Crippen LogP contribution < -0.4 is 0 Å². The second-order valence-electron chi connectivity index (χ2n) is 6.33. The molecule has 30 heavy (non-hydrogen) atoms. The maximum absolute atomic E-state index is 13.0. The van der Waals surface area contributed by atoms with Gasteiger partial charge in [0.25, 0.3) is 0 Å². The van der Waals surface area contributed by atoms with Crippen LogP contribution in [0.3, 0.4) is 0 Å². The second-order valence-corrected chi connectivity index (χ2v) is 9.30. The molecule has 0 aromatic heterocycles. The van der Waals surface area contributed by atoms with Gasteiger partial charge in [0, 0.05) is 31.9 Å². The van der Waals surface area contributed by atoms with Gasteiger partial charge in [-0.2, -0.15) is 30.6 Å². The molecule has 1 aliphatic rings. The lowest BCUT2D eigenvalue weighted by Crippen LogP contribution is -2.51. The second kappa shape index (κ2) is 9.18. The fourth-order valence-corrected chi connectivity index (χ4v) is 4.86. The predicted octanol–water partition coefficient (Wildman–Crippen LogP) is 3.48. The number of carbonyl (C=O) groups excluding carboxylic acids is 1. The van der Waals surface area contributed by atoms with Crippen molar-refractivity contribution in [3.63, 3.8) is 0 Å². The van der Waals surface area contributed by atoms with Crippen LogP contribution in [0.2, 0.25) is 0 Å². The zero-order chi connectivity index (χ0) is 22.7. The Kier molecular flexibility index (Phi) is 7.51. The van der Waals surface area contributed by atoms with Gasteiger partial charge in [-0.15, -0.1) is 18.3 Å².